The lowest BCUT2D eigenvalue weighted by Gasteiger charge is -2.16. The number of carboxylic acids is 1. The maximum Gasteiger partial charge on any atom is 0.326 e. The summed E-state index contributed by atoms with van der Waals surface area (Å²) < 4.78 is 5.08. The highest BCUT2D eigenvalue weighted by Crippen LogP contribution is 2.17. The number of carbonyl (C=O) groups is 2. The molecule has 3 N–H and O–H groups in total. The molecule has 24 heavy (non-hydrogen) atoms. The predicted molar refractivity (Wildman–Crippen MR) is 89.3 cm³/mol. The number of carbonyl (C=O) groups excluding carboxylic acids is 1. The second-order valence-corrected chi connectivity index (χ2v) is 5.54. The number of methoxy groups -OCH3 is 1. The van der Waals surface area contributed by atoms with E-state index >= 15 is 0 Å². The Kier molecular flexibility index (Phi) is 7.30. The van der Waals surface area contributed by atoms with Gasteiger partial charge in [0.2, 0.25) is 0 Å². The third kappa shape index (κ3) is 6.01. The molecule has 0 radical (unpaired) electrons. The Morgan fingerprint density at radius 1 is 1.42 bits per heavy atom. The molecule has 0 aliphatic heterocycles. The molecule has 0 saturated carbocycles. The van der Waals surface area contributed by atoms with E-state index in [4.69, 9.17) is 15.1 Å². The summed E-state index contributed by atoms with van der Waals surface area (Å²) in [5.41, 5.74) is 0.416. The van der Waals surface area contributed by atoms with Gasteiger partial charge in [-0.15, -0.1) is 0 Å². The minimum absolute atomic E-state index is 0.0934. The van der Waals surface area contributed by atoms with E-state index in [0.29, 0.717) is 11.4 Å². The largest absolute Gasteiger partial charge is 0.497 e. The number of carboxylic acid groups (broad SMARTS) is 1. The Balaban J connectivity index is 2.81. The maximum absolute atomic E-state index is 12.1. The van der Waals surface area contributed by atoms with Crippen LogP contribution in [0.25, 0.3) is 0 Å². The first-order chi connectivity index (χ1) is 11.4. The number of amides is 1. The van der Waals surface area contributed by atoms with Crippen LogP contribution in [0.3, 0.4) is 0 Å². The van der Waals surface area contributed by atoms with E-state index in [-0.39, 0.29) is 17.9 Å². The van der Waals surface area contributed by atoms with Crippen molar-refractivity contribution in [2.24, 2.45) is 5.92 Å². The average molecular weight is 331 g/mol. The number of anilines is 1. The standard InChI is InChI=1S/C17H21N3O4/c1-11(2)7-15(17(22)23)20-16(21)12(9-18)10-19-13-5-4-6-14(8-13)24-3/h4-6,8,10-11,15,19H,7H2,1-3H3,(H,20,21)(H,22,23)/b12-10-. The van der Waals surface area contributed by atoms with Crippen molar-refractivity contribution in [1.29, 1.82) is 5.26 Å². The number of ether oxygens (including phenoxy) is 1. The minimum Gasteiger partial charge on any atom is -0.497 e. The molecule has 1 unspecified atom stereocenters. The first-order valence-electron chi connectivity index (χ1n) is 7.42. The van der Waals surface area contributed by atoms with Gasteiger partial charge in [-0.25, -0.2) is 4.79 Å². The number of aliphatic carboxylic acids is 1. The van der Waals surface area contributed by atoms with Gasteiger partial charge in [0.05, 0.1) is 7.11 Å². The van der Waals surface area contributed by atoms with Gasteiger partial charge >= 0.3 is 5.97 Å². The summed E-state index contributed by atoms with van der Waals surface area (Å²) in [4.78, 5) is 23.3. The Labute approximate surface area is 140 Å². The lowest BCUT2D eigenvalue weighted by atomic mass is 10.0. The zero-order valence-electron chi connectivity index (χ0n) is 13.9. The summed E-state index contributed by atoms with van der Waals surface area (Å²) in [6, 6.07) is 7.68. The molecule has 1 aromatic rings. The van der Waals surface area contributed by atoms with Gasteiger partial charge in [-0.2, -0.15) is 5.26 Å². The van der Waals surface area contributed by atoms with Crippen LogP contribution in [0.1, 0.15) is 20.3 Å². The first kappa shape index (κ1) is 19.0. The lowest BCUT2D eigenvalue weighted by molar-refractivity contribution is -0.141. The van der Waals surface area contributed by atoms with Crippen molar-refractivity contribution in [3.63, 3.8) is 0 Å². The molecule has 0 bridgehead atoms. The van der Waals surface area contributed by atoms with Crippen LogP contribution >= 0.6 is 0 Å². The van der Waals surface area contributed by atoms with Crippen molar-refractivity contribution in [2.45, 2.75) is 26.3 Å². The molecule has 1 atom stereocenters. The van der Waals surface area contributed by atoms with Crippen molar-refractivity contribution in [2.75, 3.05) is 12.4 Å². The second-order valence-electron chi connectivity index (χ2n) is 5.54. The van der Waals surface area contributed by atoms with Crippen LogP contribution in [0.2, 0.25) is 0 Å². The zero-order chi connectivity index (χ0) is 18.1. The van der Waals surface area contributed by atoms with Gasteiger partial charge in [0, 0.05) is 18.0 Å². The van der Waals surface area contributed by atoms with E-state index in [9.17, 15) is 9.59 Å². The summed E-state index contributed by atoms with van der Waals surface area (Å²) in [5.74, 6) is -1.15. The second kappa shape index (κ2) is 9.20. The molecular formula is C17H21N3O4. The number of nitriles is 1. The van der Waals surface area contributed by atoms with Gasteiger partial charge in [0.25, 0.3) is 5.91 Å². The van der Waals surface area contributed by atoms with Crippen molar-refractivity contribution < 1.29 is 19.4 Å². The molecule has 0 aliphatic rings. The van der Waals surface area contributed by atoms with Crippen molar-refractivity contribution in [1.82, 2.24) is 5.32 Å². The Hall–Kier alpha value is -3.01. The maximum atomic E-state index is 12.1. The SMILES string of the molecule is COc1cccc(N/C=C(/C#N)C(=O)NC(CC(C)C)C(=O)O)c1. The fourth-order valence-corrected chi connectivity index (χ4v) is 1.95. The molecule has 7 heteroatoms. The molecule has 0 heterocycles. The summed E-state index contributed by atoms with van der Waals surface area (Å²) >= 11 is 0. The molecule has 0 fully saturated rings. The highest BCUT2D eigenvalue weighted by atomic mass is 16.5. The monoisotopic (exact) mass is 331 g/mol. The van der Waals surface area contributed by atoms with E-state index < -0.39 is 17.9 Å². The van der Waals surface area contributed by atoms with Crippen LogP contribution in [0.4, 0.5) is 5.69 Å². The quantitative estimate of drug-likeness (QED) is 0.497. The number of hydrogen-bond acceptors (Lipinski definition) is 5. The minimum atomic E-state index is -1.13. The molecule has 1 aromatic carbocycles. The van der Waals surface area contributed by atoms with Gasteiger partial charge in [0.1, 0.15) is 23.4 Å². The summed E-state index contributed by atoms with van der Waals surface area (Å²) in [5, 5.41) is 23.4. The number of nitrogens with zero attached hydrogens (tertiary/aromatic N) is 1. The summed E-state index contributed by atoms with van der Waals surface area (Å²) in [7, 11) is 1.53. The number of benzene rings is 1. The van der Waals surface area contributed by atoms with Crippen LogP contribution in [0.15, 0.2) is 36.0 Å². The van der Waals surface area contributed by atoms with Crippen LogP contribution in [-0.2, 0) is 9.59 Å². The van der Waals surface area contributed by atoms with Gasteiger partial charge in [0.15, 0.2) is 0 Å². The molecule has 0 saturated heterocycles. The normalized spacial score (nSPS) is 12.2. The summed E-state index contributed by atoms with van der Waals surface area (Å²) in [6.45, 7) is 3.71. The first-order valence-corrected chi connectivity index (χ1v) is 7.42. The average Bonchev–Trinajstić information content (AvgIpc) is 2.54. The van der Waals surface area contributed by atoms with Crippen LogP contribution in [-0.4, -0.2) is 30.1 Å². The fraction of sp³-hybridized carbons (Fsp3) is 0.353. The Morgan fingerprint density at radius 3 is 2.67 bits per heavy atom. The van der Waals surface area contributed by atoms with Gasteiger partial charge in [-0.3, -0.25) is 4.79 Å². The molecule has 7 nitrogen and oxygen atoms in total. The van der Waals surface area contributed by atoms with Crippen LogP contribution < -0.4 is 15.4 Å². The van der Waals surface area contributed by atoms with Crippen molar-refractivity contribution in [3.05, 3.63) is 36.0 Å². The molecule has 1 amide bonds. The van der Waals surface area contributed by atoms with E-state index in [0.717, 1.165) is 0 Å². The van der Waals surface area contributed by atoms with E-state index in [2.05, 4.69) is 10.6 Å². The molecule has 0 spiro atoms. The number of rotatable bonds is 8. The third-order valence-corrected chi connectivity index (χ3v) is 3.13. The Morgan fingerprint density at radius 2 is 2.12 bits per heavy atom. The number of hydrogen-bond donors (Lipinski definition) is 3. The molecule has 1 rings (SSSR count). The molecule has 0 aromatic heterocycles. The Bertz CT molecular complexity index is 662. The topological polar surface area (TPSA) is 111 Å². The third-order valence-electron chi connectivity index (χ3n) is 3.13. The van der Waals surface area contributed by atoms with Crippen LogP contribution in [0, 0.1) is 17.2 Å². The smallest absolute Gasteiger partial charge is 0.326 e. The van der Waals surface area contributed by atoms with E-state index in [1.54, 1.807) is 30.3 Å². The summed E-state index contributed by atoms with van der Waals surface area (Å²) in [6.07, 6.45) is 1.52. The highest BCUT2D eigenvalue weighted by molar-refractivity contribution is 5.99. The van der Waals surface area contributed by atoms with E-state index in [1.165, 1.54) is 13.3 Å². The van der Waals surface area contributed by atoms with E-state index in [1.807, 2.05) is 13.8 Å². The molecular weight excluding hydrogens is 310 g/mol. The molecule has 128 valence electrons. The number of nitrogens with one attached hydrogen (secondary N) is 2. The van der Waals surface area contributed by atoms with Crippen LogP contribution in [0.5, 0.6) is 5.75 Å². The highest BCUT2D eigenvalue weighted by Gasteiger charge is 2.22. The zero-order valence-corrected chi connectivity index (χ0v) is 13.9. The predicted octanol–water partition coefficient (Wildman–Crippen LogP) is 2.13. The van der Waals surface area contributed by atoms with Crippen molar-refractivity contribution >= 4 is 17.6 Å². The van der Waals surface area contributed by atoms with Crippen molar-refractivity contribution in [3.8, 4) is 11.8 Å². The van der Waals surface area contributed by atoms with Gasteiger partial charge in [-0.05, 0) is 24.5 Å². The fourth-order valence-electron chi connectivity index (χ4n) is 1.95. The van der Waals surface area contributed by atoms with Gasteiger partial charge < -0.3 is 20.5 Å². The molecule has 0 aliphatic carbocycles. The van der Waals surface area contributed by atoms with Gasteiger partial charge in [-0.1, -0.05) is 19.9 Å². The lowest BCUT2D eigenvalue weighted by Crippen LogP contribution is -2.42.